The molecule has 1 saturated heterocycles. The van der Waals surface area contributed by atoms with Crippen LogP contribution in [0, 0.1) is 0 Å². The van der Waals surface area contributed by atoms with Crippen LogP contribution < -0.4 is 0 Å². The zero-order valence-corrected chi connectivity index (χ0v) is 15.4. The fourth-order valence-electron chi connectivity index (χ4n) is 2.88. The third-order valence-electron chi connectivity index (χ3n) is 4.22. The Morgan fingerprint density at radius 2 is 1.96 bits per heavy atom. The highest BCUT2D eigenvalue weighted by Gasteiger charge is 2.33. The van der Waals surface area contributed by atoms with Gasteiger partial charge in [-0.1, -0.05) is 29.8 Å². The zero-order valence-electron chi connectivity index (χ0n) is 13.0. The van der Waals surface area contributed by atoms with E-state index in [1.54, 1.807) is 17.0 Å². The maximum absolute atomic E-state index is 12.5. The highest BCUT2D eigenvalue weighted by atomic mass is 35.5. The second-order valence-corrected chi connectivity index (χ2v) is 9.56. The lowest BCUT2D eigenvalue weighted by Crippen LogP contribution is -2.34. The van der Waals surface area contributed by atoms with Gasteiger partial charge >= 0.3 is 0 Å². The van der Waals surface area contributed by atoms with E-state index in [0.717, 1.165) is 10.4 Å². The standard InChI is InChI=1S/C17H18ClNO3S2/c18-14-5-3-13(4-6-14)12-17(20)19-8-7-16(15-2-1-10-23-15)24(21,22)11-9-19/h1-6,10,16H,7-9,11-12H2. The van der Waals surface area contributed by atoms with Gasteiger partial charge in [0.2, 0.25) is 5.91 Å². The molecule has 0 bridgehead atoms. The van der Waals surface area contributed by atoms with Gasteiger partial charge in [0.25, 0.3) is 0 Å². The van der Waals surface area contributed by atoms with Gasteiger partial charge in [0.1, 0.15) is 0 Å². The van der Waals surface area contributed by atoms with Gasteiger partial charge in [0, 0.05) is 23.0 Å². The maximum Gasteiger partial charge on any atom is 0.227 e. The van der Waals surface area contributed by atoms with E-state index in [-0.39, 0.29) is 24.6 Å². The molecule has 2 heterocycles. The molecule has 0 aliphatic carbocycles. The average Bonchev–Trinajstić information content (AvgIpc) is 3.01. The zero-order chi connectivity index (χ0) is 17.2. The maximum atomic E-state index is 12.5. The highest BCUT2D eigenvalue weighted by Crippen LogP contribution is 2.32. The summed E-state index contributed by atoms with van der Waals surface area (Å²) in [5.74, 6) is -0.0265. The normalized spacial score (nSPS) is 20.5. The molecule has 1 fully saturated rings. The molecule has 1 atom stereocenters. The van der Waals surface area contributed by atoms with Crippen LogP contribution in [-0.2, 0) is 21.1 Å². The minimum absolute atomic E-state index is 0.0158. The topological polar surface area (TPSA) is 54.5 Å². The van der Waals surface area contributed by atoms with E-state index in [1.165, 1.54) is 11.3 Å². The summed E-state index contributed by atoms with van der Waals surface area (Å²) in [5.41, 5.74) is 0.881. The molecule has 1 aliphatic rings. The van der Waals surface area contributed by atoms with Crippen LogP contribution in [0.15, 0.2) is 41.8 Å². The van der Waals surface area contributed by atoms with Crippen LogP contribution in [0.25, 0.3) is 0 Å². The minimum Gasteiger partial charge on any atom is -0.341 e. The first-order chi connectivity index (χ1) is 11.5. The first-order valence-corrected chi connectivity index (χ1v) is 10.7. The summed E-state index contributed by atoms with van der Waals surface area (Å²) in [5, 5.41) is 2.02. The third-order valence-corrected chi connectivity index (χ3v) is 7.72. The van der Waals surface area contributed by atoms with Gasteiger partial charge in [-0.25, -0.2) is 8.42 Å². The quantitative estimate of drug-likeness (QED) is 0.816. The second kappa shape index (κ2) is 7.25. The number of hydrogen-bond donors (Lipinski definition) is 0. The highest BCUT2D eigenvalue weighted by molar-refractivity contribution is 7.91. The summed E-state index contributed by atoms with van der Waals surface area (Å²) in [6.07, 6.45) is 0.718. The Balaban J connectivity index is 1.70. The predicted molar refractivity (Wildman–Crippen MR) is 97.2 cm³/mol. The smallest absolute Gasteiger partial charge is 0.227 e. The summed E-state index contributed by atoms with van der Waals surface area (Å²) in [7, 11) is -3.23. The van der Waals surface area contributed by atoms with E-state index in [0.29, 0.717) is 18.0 Å². The Hall–Kier alpha value is -1.37. The number of halogens is 1. The SMILES string of the molecule is O=C(Cc1ccc(Cl)cc1)N1CCC(c2cccs2)S(=O)(=O)CC1. The summed E-state index contributed by atoms with van der Waals surface area (Å²) in [6, 6.07) is 10.9. The van der Waals surface area contributed by atoms with Gasteiger partial charge in [-0.05, 0) is 35.6 Å². The Morgan fingerprint density at radius 1 is 1.21 bits per heavy atom. The van der Waals surface area contributed by atoms with E-state index < -0.39 is 15.1 Å². The van der Waals surface area contributed by atoms with Crippen LogP contribution in [-0.4, -0.2) is 38.1 Å². The summed E-state index contributed by atoms with van der Waals surface area (Å²) in [4.78, 5) is 15.0. The monoisotopic (exact) mass is 383 g/mol. The van der Waals surface area contributed by atoms with Gasteiger partial charge in [-0.3, -0.25) is 4.79 Å². The molecule has 128 valence electrons. The molecule has 1 aliphatic heterocycles. The number of nitrogens with zero attached hydrogens (tertiary/aromatic N) is 1. The first-order valence-electron chi connectivity index (χ1n) is 7.73. The fourth-order valence-corrected chi connectivity index (χ4v) is 6.01. The molecule has 3 rings (SSSR count). The minimum atomic E-state index is -3.23. The lowest BCUT2D eigenvalue weighted by Gasteiger charge is -2.20. The predicted octanol–water partition coefficient (Wildman–Crippen LogP) is 3.33. The molecule has 4 nitrogen and oxygen atoms in total. The van der Waals surface area contributed by atoms with Gasteiger partial charge in [0.15, 0.2) is 9.84 Å². The molecule has 24 heavy (non-hydrogen) atoms. The van der Waals surface area contributed by atoms with Crippen LogP contribution in [0.4, 0.5) is 0 Å². The number of hydrogen-bond acceptors (Lipinski definition) is 4. The van der Waals surface area contributed by atoms with E-state index in [4.69, 9.17) is 11.6 Å². The van der Waals surface area contributed by atoms with Crippen molar-refractivity contribution < 1.29 is 13.2 Å². The van der Waals surface area contributed by atoms with Crippen LogP contribution in [0.5, 0.6) is 0 Å². The summed E-state index contributed by atoms with van der Waals surface area (Å²) in [6.45, 7) is 0.727. The van der Waals surface area contributed by atoms with Crippen molar-refractivity contribution in [1.29, 1.82) is 0 Å². The number of benzene rings is 1. The van der Waals surface area contributed by atoms with Gasteiger partial charge in [-0.15, -0.1) is 11.3 Å². The van der Waals surface area contributed by atoms with Gasteiger partial charge < -0.3 is 4.90 Å². The van der Waals surface area contributed by atoms with E-state index >= 15 is 0 Å². The van der Waals surface area contributed by atoms with E-state index in [1.807, 2.05) is 29.6 Å². The Morgan fingerprint density at radius 3 is 2.62 bits per heavy atom. The lowest BCUT2D eigenvalue weighted by atomic mass is 10.1. The number of sulfone groups is 1. The van der Waals surface area contributed by atoms with Crippen molar-refractivity contribution >= 4 is 38.7 Å². The first kappa shape index (κ1) is 17.5. The van der Waals surface area contributed by atoms with E-state index in [2.05, 4.69) is 0 Å². The molecule has 0 saturated carbocycles. The molecular formula is C17H18ClNO3S2. The Labute approximate surface area is 151 Å². The van der Waals surface area contributed by atoms with Crippen molar-refractivity contribution in [3.05, 3.63) is 57.2 Å². The van der Waals surface area contributed by atoms with Gasteiger partial charge in [-0.2, -0.15) is 0 Å². The number of carbonyl (C=O) groups excluding carboxylic acids is 1. The summed E-state index contributed by atoms with van der Waals surface area (Å²) >= 11 is 7.31. The van der Waals surface area contributed by atoms with Crippen LogP contribution >= 0.6 is 22.9 Å². The fraction of sp³-hybridized carbons (Fsp3) is 0.353. The molecule has 1 unspecified atom stereocenters. The third kappa shape index (κ3) is 3.99. The van der Waals surface area contributed by atoms with Crippen molar-refractivity contribution in [2.24, 2.45) is 0 Å². The second-order valence-electron chi connectivity index (χ2n) is 5.84. The van der Waals surface area contributed by atoms with Crippen molar-refractivity contribution in [2.75, 3.05) is 18.8 Å². The molecule has 1 aromatic heterocycles. The van der Waals surface area contributed by atoms with Crippen LogP contribution in [0.2, 0.25) is 5.02 Å². The molecule has 2 aromatic rings. The average molecular weight is 384 g/mol. The Bertz CT molecular complexity index is 801. The molecule has 0 radical (unpaired) electrons. The Kier molecular flexibility index (Phi) is 5.27. The molecule has 7 heteroatoms. The lowest BCUT2D eigenvalue weighted by molar-refractivity contribution is -0.130. The van der Waals surface area contributed by atoms with Crippen LogP contribution in [0.1, 0.15) is 22.1 Å². The number of rotatable bonds is 3. The van der Waals surface area contributed by atoms with Gasteiger partial charge in [0.05, 0.1) is 17.4 Å². The van der Waals surface area contributed by atoms with Crippen molar-refractivity contribution in [3.63, 3.8) is 0 Å². The summed E-state index contributed by atoms with van der Waals surface area (Å²) < 4.78 is 25.0. The largest absolute Gasteiger partial charge is 0.341 e. The molecule has 0 N–H and O–H groups in total. The number of carbonyl (C=O) groups is 1. The molecule has 1 aromatic carbocycles. The molecule has 0 spiro atoms. The van der Waals surface area contributed by atoms with Crippen molar-refractivity contribution in [3.8, 4) is 0 Å². The van der Waals surface area contributed by atoms with Crippen molar-refractivity contribution in [1.82, 2.24) is 4.90 Å². The van der Waals surface area contributed by atoms with Crippen LogP contribution in [0.3, 0.4) is 0 Å². The molecular weight excluding hydrogens is 366 g/mol. The molecule has 1 amide bonds. The number of thiophene rings is 1. The number of amides is 1. The van der Waals surface area contributed by atoms with Crippen molar-refractivity contribution in [2.45, 2.75) is 18.1 Å². The van der Waals surface area contributed by atoms with E-state index in [9.17, 15) is 13.2 Å².